The van der Waals surface area contributed by atoms with Crippen LogP contribution in [0.15, 0.2) is 54.6 Å². The van der Waals surface area contributed by atoms with Gasteiger partial charge in [-0.3, -0.25) is 4.90 Å². The fraction of sp³-hybridized carbons (Fsp3) is 0.250. The average Bonchev–Trinajstić information content (AvgIpc) is 2.70. The topological polar surface area (TPSA) is 55.8 Å². The molecule has 5 heteroatoms. The van der Waals surface area contributed by atoms with E-state index in [2.05, 4.69) is 0 Å². The molecule has 0 atom stereocenters. The normalized spacial score (nSPS) is 13.7. The lowest BCUT2D eigenvalue weighted by Gasteiger charge is -2.33. The van der Waals surface area contributed by atoms with Crippen LogP contribution >= 0.6 is 0 Å². The summed E-state index contributed by atoms with van der Waals surface area (Å²) < 4.78 is 10.3. The zero-order chi connectivity index (χ0) is 21.0. The number of fused-ring (bicyclic) bond motifs is 1. The molecule has 5 nitrogen and oxygen atoms in total. The quantitative estimate of drug-likeness (QED) is 0.538. The standard InChI is InChI=1S/C24H25NO4/c1-24(2,3)29-23(27)25-16-19-11-6-5-10-18(19)15-21(25)20-12-8-7-9-17(20)13-14-22(26)28-4/h5-15H,16H2,1-4H3/b14-13+. The summed E-state index contributed by atoms with van der Waals surface area (Å²) in [6.45, 7) is 5.95. The van der Waals surface area contributed by atoms with Crippen LogP contribution in [0.4, 0.5) is 4.79 Å². The van der Waals surface area contributed by atoms with Gasteiger partial charge in [0.1, 0.15) is 5.60 Å². The first-order valence-corrected chi connectivity index (χ1v) is 9.44. The number of amides is 1. The van der Waals surface area contributed by atoms with E-state index in [9.17, 15) is 9.59 Å². The second-order valence-electron chi connectivity index (χ2n) is 7.74. The van der Waals surface area contributed by atoms with Crippen LogP contribution < -0.4 is 0 Å². The van der Waals surface area contributed by atoms with Gasteiger partial charge in [-0.2, -0.15) is 0 Å². The first-order valence-electron chi connectivity index (χ1n) is 9.44. The highest BCUT2D eigenvalue weighted by Gasteiger charge is 2.29. The van der Waals surface area contributed by atoms with Crippen molar-refractivity contribution in [2.45, 2.75) is 32.9 Å². The first-order chi connectivity index (χ1) is 13.8. The molecule has 150 valence electrons. The number of ether oxygens (including phenoxy) is 2. The second-order valence-corrected chi connectivity index (χ2v) is 7.74. The summed E-state index contributed by atoms with van der Waals surface area (Å²) >= 11 is 0. The molecule has 2 aromatic rings. The fourth-order valence-electron chi connectivity index (χ4n) is 3.10. The van der Waals surface area contributed by atoms with Crippen LogP contribution in [0.5, 0.6) is 0 Å². The number of hydrogen-bond donors (Lipinski definition) is 0. The van der Waals surface area contributed by atoms with Crippen LogP contribution in [0.2, 0.25) is 0 Å². The Labute approximate surface area is 171 Å². The van der Waals surface area contributed by atoms with Gasteiger partial charge >= 0.3 is 12.1 Å². The molecule has 0 spiro atoms. The summed E-state index contributed by atoms with van der Waals surface area (Å²) in [5.41, 5.74) is 3.84. The molecule has 0 radical (unpaired) electrons. The van der Waals surface area contributed by atoms with Crippen molar-refractivity contribution in [2.24, 2.45) is 0 Å². The molecule has 1 heterocycles. The molecule has 3 rings (SSSR count). The van der Waals surface area contributed by atoms with Crippen molar-refractivity contribution in [3.8, 4) is 0 Å². The van der Waals surface area contributed by atoms with Crippen LogP contribution in [0.3, 0.4) is 0 Å². The van der Waals surface area contributed by atoms with Crippen molar-refractivity contribution in [2.75, 3.05) is 7.11 Å². The van der Waals surface area contributed by atoms with Gasteiger partial charge in [0, 0.05) is 11.6 Å². The van der Waals surface area contributed by atoms with E-state index in [4.69, 9.17) is 9.47 Å². The van der Waals surface area contributed by atoms with Gasteiger partial charge in [-0.25, -0.2) is 9.59 Å². The highest BCUT2D eigenvalue weighted by atomic mass is 16.6. The van der Waals surface area contributed by atoms with E-state index in [1.807, 2.05) is 75.4 Å². The number of hydrogen-bond acceptors (Lipinski definition) is 4. The lowest BCUT2D eigenvalue weighted by Crippen LogP contribution is -2.36. The first kappa shape index (κ1) is 20.4. The Morgan fingerprint density at radius 2 is 1.72 bits per heavy atom. The number of carbonyl (C=O) groups excluding carboxylic acids is 2. The number of rotatable bonds is 3. The van der Waals surface area contributed by atoms with E-state index in [0.29, 0.717) is 6.54 Å². The maximum Gasteiger partial charge on any atom is 0.415 e. The lowest BCUT2D eigenvalue weighted by atomic mass is 9.95. The van der Waals surface area contributed by atoms with Crippen molar-refractivity contribution in [3.05, 3.63) is 76.9 Å². The van der Waals surface area contributed by atoms with Gasteiger partial charge in [-0.1, -0.05) is 48.5 Å². The third-order valence-corrected chi connectivity index (χ3v) is 4.42. The maximum atomic E-state index is 13.0. The Morgan fingerprint density at radius 1 is 1.03 bits per heavy atom. The van der Waals surface area contributed by atoms with Crippen LogP contribution in [0.25, 0.3) is 17.8 Å². The average molecular weight is 391 g/mol. The summed E-state index contributed by atoms with van der Waals surface area (Å²) in [5, 5.41) is 0. The van der Waals surface area contributed by atoms with Gasteiger partial charge in [0.15, 0.2) is 0 Å². The van der Waals surface area contributed by atoms with Gasteiger partial charge in [-0.15, -0.1) is 0 Å². The van der Waals surface area contributed by atoms with E-state index in [0.717, 1.165) is 28.0 Å². The van der Waals surface area contributed by atoms with Crippen molar-refractivity contribution in [3.63, 3.8) is 0 Å². The lowest BCUT2D eigenvalue weighted by molar-refractivity contribution is -0.134. The molecule has 1 aliphatic rings. The van der Waals surface area contributed by atoms with E-state index in [1.54, 1.807) is 11.0 Å². The number of benzene rings is 2. The molecular weight excluding hydrogens is 366 g/mol. The number of nitrogens with zero attached hydrogens (tertiary/aromatic N) is 1. The van der Waals surface area contributed by atoms with Crippen LogP contribution in [0, 0.1) is 0 Å². The molecule has 0 bridgehead atoms. The molecular formula is C24H25NO4. The predicted molar refractivity (Wildman–Crippen MR) is 114 cm³/mol. The molecule has 0 saturated carbocycles. The van der Waals surface area contributed by atoms with E-state index in [1.165, 1.54) is 13.2 Å². The molecule has 29 heavy (non-hydrogen) atoms. The van der Waals surface area contributed by atoms with Gasteiger partial charge in [-0.05, 0) is 49.6 Å². The van der Waals surface area contributed by atoms with Crippen molar-refractivity contribution >= 4 is 29.9 Å². The molecule has 0 aromatic heterocycles. The number of carbonyl (C=O) groups is 2. The Hall–Kier alpha value is -3.34. The van der Waals surface area contributed by atoms with Gasteiger partial charge in [0.05, 0.1) is 19.4 Å². The minimum absolute atomic E-state index is 0.409. The Bertz CT molecular complexity index is 982. The molecule has 1 amide bonds. The highest BCUT2D eigenvalue weighted by Crippen LogP contribution is 2.34. The van der Waals surface area contributed by atoms with Crippen molar-refractivity contribution < 1.29 is 19.1 Å². The summed E-state index contributed by atoms with van der Waals surface area (Å²) in [7, 11) is 1.34. The summed E-state index contributed by atoms with van der Waals surface area (Å²) in [6.07, 6.45) is 4.63. The number of methoxy groups -OCH3 is 1. The monoisotopic (exact) mass is 391 g/mol. The smallest absolute Gasteiger partial charge is 0.415 e. The minimum Gasteiger partial charge on any atom is -0.466 e. The molecule has 0 fully saturated rings. The Kier molecular flexibility index (Phi) is 5.87. The summed E-state index contributed by atoms with van der Waals surface area (Å²) in [6, 6.07) is 15.6. The zero-order valence-corrected chi connectivity index (χ0v) is 17.1. The number of esters is 1. The Morgan fingerprint density at radius 3 is 2.45 bits per heavy atom. The maximum absolute atomic E-state index is 13.0. The van der Waals surface area contributed by atoms with E-state index in [-0.39, 0.29) is 0 Å². The largest absolute Gasteiger partial charge is 0.466 e. The van der Waals surface area contributed by atoms with Crippen LogP contribution in [-0.2, 0) is 20.8 Å². The molecule has 0 unspecified atom stereocenters. The molecule has 2 aromatic carbocycles. The minimum atomic E-state index is -0.608. The third kappa shape index (κ3) is 4.93. The van der Waals surface area contributed by atoms with Gasteiger partial charge in [0.2, 0.25) is 0 Å². The summed E-state index contributed by atoms with van der Waals surface area (Å²) in [5.74, 6) is -0.438. The Balaban J connectivity index is 2.09. The molecule has 1 aliphatic heterocycles. The molecule has 0 aliphatic carbocycles. The van der Waals surface area contributed by atoms with Crippen molar-refractivity contribution in [1.29, 1.82) is 0 Å². The third-order valence-electron chi connectivity index (χ3n) is 4.42. The van der Waals surface area contributed by atoms with Gasteiger partial charge in [0.25, 0.3) is 0 Å². The zero-order valence-electron chi connectivity index (χ0n) is 17.1. The van der Waals surface area contributed by atoms with Crippen LogP contribution in [-0.4, -0.2) is 29.7 Å². The second kappa shape index (κ2) is 8.35. The molecule has 0 saturated heterocycles. The predicted octanol–water partition coefficient (Wildman–Crippen LogP) is 5.12. The highest BCUT2D eigenvalue weighted by molar-refractivity contribution is 5.95. The van der Waals surface area contributed by atoms with Crippen LogP contribution in [0.1, 0.15) is 43.0 Å². The fourth-order valence-corrected chi connectivity index (χ4v) is 3.10. The SMILES string of the molecule is COC(=O)/C=C/c1ccccc1C1=Cc2ccccc2CN1C(=O)OC(C)(C)C. The molecule has 0 N–H and O–H groups in total. The van der Waals surface area contributed by atoms with E-state index < -0.39 is 17.7 Å². The summed E-state index contributed by atoms with van der Waals surface area (Å²) in [4.78, 5) is 26.2. The van der Waals surface area contributed by atoms with Gasteiger partial charge < -0.3 is 9.47 Å². The van der Waals surface area contributed by atoms with Crippen molar-refractivity contribution in [1.82, 2.24) is 4.90 Å². The van der Waals surface area contributed by atoms with E-state index >= 15 is 0 Å².